The van der Waals surface area contributed by atoms with E-state index in [1.165, 1.54) is 12.1 Å². The monoisotopic (exact) mass is 392 g/mol. The maximum Gasteiger partial charge on any atom is 0.224 e. The van der Waals surface area contributed by atoms with Crippen LogP contribution in [0.2, 0.25) is 0 Å². The summed E-state index contributed by atoms with van der Waals surface area (Å²) in [6, 6.07) is 14.2. The molecular weight excluding hydrogens is 367 g/mol. The molecule has 150 valence electrons. The van der Waals surface area contributed by atoms with Gasteiger partial charge >= 0.3 is 0 Å². The number of allylic oxidation sites excluding steroid dienone is 1. The summed E-state index contributed by atoms with van der Waals surface area (Å²) in [5.74, 6) is 0.643. The lowest BCUT2D eigenvalue weighted by atomic mass is 9.98. The molecule has 1 fully saturated rings. The number of amides is 1. The Balaban J connectivity index is 1.44. The van der Waals surface area contributed by atoms with Crippen LogP contribution in [0.4, 0.5) is 4.39 Å². The van der Waals surface area contributed by atoms with Gasteiger partial charge in [-0.3, -0.25) is 9.79 Å². The zero-order chi connectivity index (χ0) is 20.1. The first-order chi connectivity index (χ1) is 14.1. The van der Waals surface area contributed by atoms with Crippen molar-refractivity contribution in [2.75, 3.05) is 6.54 Å². The van der Waals surface area contributed by atoms with Gasteiger partial charge in [0, 0.05) is 25.6 Å². The van der Waals surface area contributed by atoms with E-state index in [2.05, 4.69) is 4.99 Å². The number of rotatable bonds is 6. The Labute approximate surface area is 170 Å². The number of carbonyl (C=O) groups is 1. The molecule has 2 aliphatic heterocycles. The molecule has 5 heteroatoms. The normalized spacial score (nSPS) is 21.4. The first-order valence-corrected chi connectivity index (χ1v) is 10.1. The van der Waals surface area contributed by atoms with Gasteiger partial charge in [0.1, 0.15) is 18.2 Å². The fourth-order valence-corrected chi connectivity index (χ4v) is 3.96. The molecule has 4 nitrogen and oxygen atoms in total. The van der Waals surface area contributed by atoms with Crippen molar-refractivity contribution in [3.05, 3.63) is 77.6 Å². The molecule has 2 heterocycles. The lowest BCUT2D eigenvalue weighted by Gasteiger charge is -2.37. The van der Waals surface area contributed by atoms with Crippen molar-refractivity contribution < 1.29 is 13.9 Å². The Morgan fingerprint density at radius 2 is 1.93 bits per heavy atom. The van der Waals surface area contributed by atoms with E-state index in [1.54, 1.807) is 12.3 Å². The molecule has 0 radical (unpaired) electrons. The second-order valence-corrected chi connectivity index (χ2v) is 7.61. The Bertz CT molecular complexity index is 909. The van der Waals surface area contributed by atoms with Crippen molar-refractivity contribution in [3.8, 4) is 5.75 Å². The number of halogens is 1. The number of benzene rings is 2. The molecule has 1 unspecified atom stereocenters. The number of aliphatic imine (C=N–C) groups is 1. The van der Waals surface area contributed by atoms with E-state index < -0.39 is 5.66 Å². The summed E-state index contributed by atoms with van der Waals surface area (Å²) in [7, 11) is 0. The highest BCUT2D eigenvalue weighted by Crippen LogP contribution is 2.31. The summed E-state index contributed by atoms with van der Waals surface area (Å²) in [5.41, 5.74) is 1.26. The Morgan fingerprint density at radius 1 is 1.07 bits per heavy atom. The average molecular weight is 392 g/mol. The Morgan fingerprint density at radius 3 is 2.69 bits per heavy atom. The van der Waals surface area contributed by atoms with E-state index in [0.717, 1.165) is 42.7 Å². The van der Waals surface area contributed by atoms with Crippen LogP contribution in [-0.2, 0) is 17.8 Å². The van der Waals surface area contributed by atoms with Crippen LogP contribution in [0.1, 0.15) is 36.8 Å². The van der Waals surface area contributed by atoms with E-state index in [-0.39, 0.29) is 11.7 Å². The van der Waals surface area contributed by atoms with Gasteiger partial charge in [0.25, 0.3) is 0 Å². The molecule has 0 saturated carbocycles. The van der Waals surface area contributed by atoms with Gasteiger partial charge in [0.2, 0.25) is 5.91 Å². The fourth-order valence-electron chi connectivity index (χ4n) is 3.96. The van der Waals surface area contributed by atoms with Crippen LogP contribution in [0.25, 0.3) is 0 Å². The van der Waals surface area contributed by atoms with Crippen molar-refractivity contribution in [1.29, 1.82) is 0 Å². The predicted molar refractivity (Wildman–Crippen MR) is 111 cm³/mol. The molecule has 1 atom stereocenters. The van der Waals surface area contributed by atoms with Gasteiger partial charge in [-0.2, -0.15) is 0 Å². The Kier molecular flexibility index (Phi) is 5.74. The maximum absolute atomic E-state index is 13.3. The van der Waals surface area contributed by atoms with Gasteiger partial charge in [-0.05, 0) is 60.4 Å². The number of likely N-dealkylation sites (tertiary alicyclic amines) is 1. The second-order valence-electron chi connectivity index (χ2n) is 7.61. The minimum Gasteiger partial charge on any atom is -0.489 e. The van der Waals surface area contributed by atoms with Crippen molar-refractivity contribution in [1.82, 2.24) is 4.90 Å². The molecule has 1 amide bonds. The molecular formula is C24H25FN2O2. The smallest absolute Gasteiger partial charge is 0.224 e. The third-order valence-corrected chi connectivity index (χ3v) is 5.47. The van der Waals surface area contributed by atoms with Gasteiger partial charge in [0.05, 0.1) is 0 Å². The topological polar surface area (TPSA) is 41.9 Å². The summed E-state index contributed by atoms with van der Waals surface area (Å²) < 4.78 is 19.1. The Hall–Kier alpha value is -2.95. The summed E-state index contributed by atoms with van der Waals surface area (Å²) >= 11 is 0. The molecule has 0 bridgehead atoms. The summed E-state index contributed by atoms with van der Waals surface area (Å²) in [4.78, 5) is 19.3. The van der Waals surface area contributed by atoms with Crippen molar-refractivity contribution in [3.63, 3.8) is 0 Å². The molecule has 0 N–H and O–H groups in total. The number of hydrogen-bond acceptors (Lipinski definition) is 3. The summed E-state index contributed by atoms with van der Waals surface area (Å²) in [6.45, 7) is 1.06. The quantitative estimate of drug-likeness (QED) is 0.716. The van der Waals surface area contributed by atoms with Crippen LogP contribution in [0.5, 0.6) is 5.75 Å². The van der Waals surface area contributed by atoms with E-state index >= 15 is 0 Å². The van der Waals surface area contributed by atoms with Crippen LogP contribution < -0.4 is 4.74 Å². The molecule has 1 saturated heterocycles. The lowest BCUT2D eigenvalue weighted by molar-refractivity contribution is -0.135. The van der Waals surface area contributed by atoms with Crippen LogP contribution in [-0.4, -0.2) is 29.2 Å². The summed E-state index contributed by atoms with van der Waals surface area (Å²) in [6.07, 6.45) is 10.0. The van der Waals surface area contributed by atoms with Crippen LogP contribution in [0.15, 0.2) is 65.7 Å². The van der Waals surface area contributed by atoms with E-state index in [9.17, 15) is 9.18 Å². The minimum atomic E-state index is -0.620. The van der Waals surface area contributed by atoms with Gasteiger partial charge in [0.15, 0.2) is 5.66 Å². The van der Waals surface area contributed by atoms with Gasteiger partial charge < -0.3 is 9.64 Å². The predicted octanol–water partition coefficient (Wildman–Crippen LogP) is 4.69. The van der Waals surface area contributed by atoms with E-state index in [0.29, 0.717) is 19.4 Å². The first kappa shape index (κ1) is 19.4. The third-order valence-electron chi connectivity index (χ3n) is 5.47. The number of ether oxygens (including phenoxy) is 1. The van der Waals surface area contributed by atoms with Crippen molar-refractivity contribution >= 4 is 12.1 Å². The van der Waals surface area contributed by atoms with Crippen molar-refractivity contribution in [2.24, 2.45) is 4.99 Å². The minimum absolute atomic E-state index is 0.182. The SMILES string of the molecule is O=C1CCCCCN1C1(Cc2ccc(OCc3cccc(F)c3)cc2)C=CC=N1. The van der Waals surface area contributed by atoms with Crippen LogP contribution >= 0.6 is 0 Å². The average Bonchev–Trinajstić information content (AvgIpc) is 3.08. The zero-order valence-corrected chi connectivity index (χ0v) is 16.4. The number of carbonyl (C=O) groups excluding carboxylic acids is 1. The largest absolute Gasteiger partial charge is 0.489 e. The highest BCUT2D eigenvalue weighted by Gasteiger charge is 2.38. The molecule has 2 aromatic carbocycles. The van der Waals surface area contributed by atoms with Gasteiger partial charge in [-0.15, -0.1) is 0 Å². The summed E-state index contributed by atoms with van der Waals surface area (Å²) in [5, 5.41) is 0. The highest BCUT2D eigenvalue weighted by molar-refractivity contribution is 5.81. The molecule has 0 aromatic heterocycles. The lowest BCUT2D eigenvalue weighted by Crippen LogP contribution is -2.50. The molecule has 2 aliphatic rings. The molecule has 0 aliphatic carbocycles. The van der Waals surface area contributed by atoms with Crippen molar-refractivity contribution in [2.45, 2.75) is 44.4 Å². The standard InChI is InChI=1S/C24H25FN2O2/c25-21-7-4-6-20(16-21)18-29-22-11-9-19(10-12-22)17-24(13-5-14-26-24)27-15-3-1-2-8-23(27)28/h4-7,9-14,16H,1-3,8,15,17-18H2. The maximum atomic E-state index is 13.3. The highest BCUT2D eigenvalue weighted by atomic mass is 19.1. The van der Waals surface area contributed by atoms with Crippen LogP contribution in [0.3, 0.4) is 0 Å². The molecule has 0 spiro atoms. The molecule has 4 rings (SSSR count). The molecule has 29 heavy (non-hydrogen) atoms. The fraction of sp³-hybridized carbons (Fsp3) is 0.333. The van der Waals surface area contributed by atoms with Gasteiger partial charge in [-0.25, -0.2) is 4.39 Å². The van der Waals surface area contributed by atoms with E-state index in [1.807, 2.05) is 47.4 Å². The number of hydrogen-bond donors (Lipinski definition) is 0. The van der Waals surface area contributed by atoms with Crippen LogP contribution in [0, 0.1) is 5.82 Å². The van der Waals surface area contributed by atoms with E-state index in [4.69, 9.17) is 4.74 Å². The zero-order valence-electron chi connectivity index (χ0n) is 16.4. The second kappa shape index (κ2) is 8.60. The first-order valence-electron chi connectivity index (χ1n) is 10.1. The number of nitrogens with zero attached hydrogens (tertiary/aromatic N) is 2. The van der Waals surface area contributed by atoms with Gasteiger partial charge in [-0.1, -0.05) is 30.7 Å². The third kappa shape index (κ3) is 4.56. The molecule has 2 aromatic rings.